The number of aromatic nitrogens is 3. The minimum atomic E-state index is -1.09. The summed E-state index contributed by atoms with van der Waals surface area (Å²) in [6, 6.07) is 17.5. The average molecular weight is 532 g/mol. The number of carbonyl (C=O) groups is 2. The highest BCUT2D eigenvalue weighted by molar-refractivity contribution is 6.02. The number of carbonyl (C=O) groups excluding carboxylic acids is 2. The van der Waals surface area contributed by atoms with Gasteiger partial charge >= 0.3 is 0 Å². The van der Waals surface area contributed by atoms with Crippen molar-refractivity contribution >= 4 is 28.5 Å². The van der Waals surface area contributed by atoms with Crippen molar-refractivity contribution < 1.29 is 24.2 Å². The summed E-state index contributed by atoms with van der Waals surface area (Å²) in [5.41, 5.74) is 1.71. The SMILES string of the molecule is CCC(C)(C)NC(=O)[C@H](c1ccc(O)cc1)N(C(=O)Cn1nnc2ccccc21)c1cc(OC)cc(OC)c1. The molecule has 10 nitrogen and oxygen atoms in total. The largest absolute Gasteiger partial charge is 0.508 e. The van der Waals surface area contributed by atoms with Crippen LogP contribution < -0.4 is 19.7 Å². The first-order valence-electron chi connectivity index (χ1n) is 12.6. The molecule has 0 saturated heterocycles. The van der Waals surface area contributed by atoms with Crippen molar-refractivity contribution in [1.82, 2.24) is 20.3 Å². The van der Waals surface area contributed by atoms with Gasteiger partial charge in [-0.1, -0.05) is 36.4 Å². The number of aromatic hydroxyl groups is 1. The molecule has 0 aliphatic carbocycles. The third kappa shape index (κ3) is 6.11. The van der Waals surface area contributed by atoms with E-state index in [1.165, 1.54) is 35.9 Å². The normalized spacial score (nSPS) is 12.1. The molecule has 1 atom stereocenters. The number of para-hydroxylation sites is 1. The molecule has 0 fully saturated rings. The number of nitrogens with one attached hydrogen (secondary N) is 1. The Morgan fingerprint density at radius 3 is 2.28 bits per heavy atom. The number of nitrogens with zero attached hydrogens (tertiary/aromatic N) is 4. The standard InChI is InChI=1S/C29H33N5O5/c1-6-29(2,3)30-28(37)27(19-11-13-21(35)14-12-19)34(20-15-22(38-4)17-23(16-20)39-5)26(36)18-33-25-10-8-7-9-24(25)31-32-33/h7-17,27,35H,6,18H2,1-5H3,(H,30,37)/t27-/m0/s1. The van der Waals surface area contributed by atoms with Crippen LogP contribution in [-0.4, -0.2) is 51.7 Å². The Labute approximate surface area is 227 Å². The molecule has 204 valence electrons. The quantitative estimate of drug-likeness (QED) is 0.314. The second kappa shape index (κ2) is 11.4. The first-order chi connectivity index (χ1) is 18.7. The summed E-state index contributed by atoms with van der Waals surface area (Å²) < 4.78 is 12.4. The molecule has 4 aromatic rings. The van der Waals surface area contributed by atoms with E-state index in [4.69, 9.17) is 9.47 Å². The molecule has 0 unspecified atom stereocenters. The highest BCUT2D eigenvalue weighted by atomic mass is 16.5. The smallest absolute Gasteiger partial charge is 0.249 e. The zero-order valence-electron chi connectivity index (χ0n) is 22.7. The van der Waals surface area contributed by atoms with Crippen LogP contribution in [0, 0.1) is 0 Å². The number of phenols is 1. The maximum Gasteiger partial charge on any atom is 0.249 e. The molecule has 0 radical (unpaired) electrons. The first kappa shape index (κ1) is 27.4. The van der Waals surface area contributed by atoms with Gasteiger partial charge in [0.1, 0.15) is 35.4 Å². The summed E-state index contributed by atoms with van der Waals surface area (Å²) in [5.74, 6) is 0.149. The second-order valence-corrected chi connectivity index (χ2v) is 9.79. The van der Waals surface area contributed by atoms with Crippen LogP contribution in [0.25, 0.3) is 11.0 Å². The molecule has 2 N–H and O–H groups in total. The summed E-state index contributed by atoms with van der Waals surface area (Å²) in [5, 5.41) is 21.4. The van der Waals surface area contributed by atoms with Crippen molar-refractivity contribution in [2.45, 2.75) is 45.3 Å². The van der Waals surface area contributed by atoms with E-state index in [-0.39, 0.29) is 18.2 Å². The van der Waals surface area contributed by atoms with E-state index in [2.05, 4.69) is 15.6 Å². The molecule has 0 saturated carbocycles. The molecule has 0 bridgehead atoms. The Balaban J connectivity index is 1.88. The van der Waals surface area contributed by atoms with Gasteiger partial charge in [0.15, 0.2) is 0 Å². The molecule has 2 amide bonds. The van der Waals surface area contributed by atoms with E-state index in [1.807, 2.05) is 45.0 Å². The van der Waals surface area contributed by atoms with Crippen molar-refractivity contribution in [1.29, 1.82) is 0 Å². The number of methoxy groups -OCH3 is 2. The minimum Gasteiger partial charge on any atom is -0.508 e. The van der Waals surface area contributed by atoms with E-state index < -0.39 is 17.5 Å². The Morgan fingerprint density at radius 2 is 1.67 bits per heavy atom. The van der Waals surface area contributed by atoms with Gasteiger partial charge in [0.25, 0.3) is 0 Å². The number of benzene rings is 3. The van der Waals surface area contributed by atoms with E-state index in [0.29, 0.717) is 40.2 Å². The molecule has 1 aromatic heterocycles. The number of anilines is 1. The zero-order chi connectivity index (χ0) is 28.2. The van der Waals surface area contributed by atoms with Gasteiger partial charge in [-0.2, -0.15) is 0 Å². The van der Waals surface area contributed by atoms with Crippen LogP contribution in [0.4, 0.5) is 5.69 Å². The van der Waals surface area contributed by atoms with Crippen LogP contribution in [0.15, 0.2) is 66.7 Å². The van der Waals surface area contributed by atoms with Gasteiger partial charge in [0.05, 0.1) is 25.4 Å². The highest BCUT2D eigenvalue weighted by Crippen LogP contribution is 2.35. The molecule has 1 heterocycles. The van der Waals surface area contributed by atoms with E-state index >= 15 is 0 Å². The fourth-order valence-corrected chi connectivity index (χ4v) is 4.17. The molecule has 10 heteroatoms. The Bertz CT molecular complexity index is 1440. The molecular formula is C29H33N5O5. The summed E-state index contributed by atoms with van der Waals surface area (Å²) >= 11 is 0. The van der Waals surface area contributed by atoms with Crippen LogP contribution in [0.2, 0.25) is 0 Å². The summed E-state index contributed by atoms with van der Waals surface area (Å²) in [6.45, 7) is 5.63. The predicted octanol–water partition coefficient (Wildman–Crippen LogP) is 4.23. The van der Waals surface area contributed by atoms with E-state index in [0.717, 1.165) is 0 Å². The molecule has 4 rings (SSSR count). The Morgan fingerprint density at radius 1 is 1.03 bits per heavy atom. The summed E-state index contributed by atoms with van der Waals surface area (Å²) in [4.78, 5) is 29.6. The number of phenolic OH excluding ortho intramolecular Hbond substituents is 1. The molecule has 39 heavy (non-hydrogen) atoms. The number of fused-ring (bicyclic) bond motifs is 1. The average Bonchev–Trinajstić information content (AvgIpc) is 3.34. The topological polar surface area (TPSA) is 119 Å². The van der Waals surface area contributed by atoms with Gasteiger partial charge in [-0.3, -0.25) is 14.5 Å². The van der Waals surface area contributed by atoms with Crippen molar-refractivity contribution in [3.63, 3.8) is 0 Å². The lowest BCUT2D eigenvalue weighted by Gasteiger charge is -2.35. The van der Waals surface area contributed by atoms with Gasteiger partial charge in [0, 0.05) is 23.7 Å². The third-order valence-electron chi connectivity index (χ3n) is 6.65. The van der Waals surface area contributed by atoms with Crippen LogP contribution >= 0.6 is 0 Å². The Hall–Kier alpha value is -4.60. The molecule has 0 aliphatic rings. The van der Waals surface area contributed by atoms with Crippen molar-refractivity contribution in [2.24, 2.45) is 0 Å². The lowest BCUT2D eigenvalue weighted by atomic mass is 9.98. The number of amides is 2. The van der Waals surface area contributed by atoms with Gasteiger partial charge < -0.3 is 19.9 Å². The minimum absolute atomic E-state index is 0.0433. The summed E-state index contributed by atoms with van der Waals surface area (Å²) in [6.07, 6.45) is 0.674. The van der Waals surface area contributed by atoms with Gasteiger partial charge in [-0.05, 0) is 50.1 Å². The maximum atomic E-state index is 14.2. The van der Waals surface area contributed by atoms with Crippen molar-refractivity contribution in [3.05, 3.63) is 72.3 Å². The first-order valence-corrected chi connectivity index (χ1v) is 12.6. The maximum absolute atomic E-state index is 14.2. The van der Waals surface area contributed by atoms with E-state index in [9.17, 15) is 14.7 Å². The van der Waals surface area contributed by atoms with Gasteiger partial charge in [-0.25, -0.2) is 4.68 Å². The van der Waals surface area contributed by atoms with Crippen LogP contribution in [0.1, 0.15) is 38.8 Å². The molecule has 0 spiro atoms. The Kier molecular flexibility index (Phi) is 8.04. The second-order valence-electron chi connectivity index (χ2n) is 9.79. The van der Waals surface area contributed by atoms with Crippen LogP contribution in [0.3, 0.4) is 0 Å². The number of hydrogen-bond acceptors (Lipinski definition) is 7. The fraction of sp³-hybridized carbons (Fsp3) is 0.310. The van der Waals surface area contributed by atoms with Crippen molar-refractivity contribution in [3.8, 4) is 17.2 Å². The highest BCUT2D eigenvalue weighted by Gasteiger charge is 2.36. The fourth-order valence-electron chi connectivity index (χ4n) is 4.17. The number of ether oxygens (including phenoxy) is 2. The third-order valence-corrected chi connectivity index (χ3v) is 6.65. The van der Waals surface area contributed by atoms with Gasteiger partial charge in [0.2, 0.25) is 11.8 Å². The number of rotatable bonds is 10. The van der Waals surface area contributed by atoms with E-state index in [1.54, 1.807) is 30.3 Å². The van der Waals surface area contributed by atoms with Gasteiger partial charge in [-0.15, -0.1) is 5.10 Å². The van der Waals surface area contributed by atoms with Crippen LogP contribution in [0.5, 0.6) is 17.2 Å². The predicted molar refractivity (Wildman–Crippen MR) is 148 cm³/mol. The summed E-state index contributed by atoms with van der Waals surface area (Å²) in [7, 11) is 3.03. The lowest BCUT2D eigenvalue weighted by Crippen LogP contribution is -2.51. The van der Waals surface area contributed by atoms with Crippen LogP contribution in [-0.2, 0) is 16.1 Å². The molecule has 3 aromatic carbocycles. The monoisotopic (exact) mass is 531 g/mol. The van der Waals surface area contributed by atoms with Crippen molar-refractivity contribution in [2.75, 3.05) is 19.1 Å². The molecule has 0 aliphatic heterocycles. The number of hydrogen-bond donors (Lipinski definition) is 2. The molecular weight excluding hydrogens is 498 g/mol. The zero-order valence-corrected chi connectivity index (χ0v) is 22.7. The lowest BCUT2D eigenvalue weighted by molar-refractivity contribution is -0.128.